The molecule has 0 spiro atoms. The fourth-order valence-corrected chi connectivity index (χ4v) is 7.15. The Morgan fingerprint density at radius 1 is 0.776 bits per heavy atom. The van der Waals surface area contributed by atoms with Gasteiger partial charge in [-0.25, -0.2) is 0 Å². The van der Waals surface area contributed by atoms with Crippen LogP contribution in [0.5, 0.6) is 5.75 Å². The van der Waals surface area contributed by atoms with E-state index in [1.807, 2.05) is 40.7 Å². The van der Waals surface area contributed by atoms with Gasteiger partial charge in [-0.2, -0.15) is 12.6 Å². The van der Waals surface area contributed by atoms with Gasteiger partial charge in [-0.3, -0.25) is 67.8 Å². The number of thiol groups is 1. The number of benzene rings is 1. The Morgan fingerprint density at radius 2 is 1.25 bits per heavy atom. The van der Waals surface area contributed by atoms with Gasteiger partial charge in [0, 0.05) is 96.1 Å². The van der Waals surface area contributed by atoms with Gasteiger partial charge in [0.15, 0.2) is 0 Å². The number of aromatic hydroxyl groups is 1. The lowest BCUT2D eigenvalue weighted by Gasteiger charge is -2.32. The zero-order valence-electron chi connectivity index (χ0n) is 39.8. The molecule has 0 aliphatic carbocycles. The zero-order valence-corrected chi connectivity index (χ0v) is 40.7. The highest BCUT2D eigenvalue weighted by molar-refractivity contribution is 7.81. The van der Waals surface area contributed by atoms with Crippen molar-refractivity contribution in [1.29, 1.82) is 0 Å². The third-order valence-electron chi connectivity index (χ3n) is 11.0. The lowest BCUT2D eigenvalue weighted by atomic mass is 9.89. The summed E-state index contributed by atoms with van der Waals surface area (Å²) < 4.78 is -0.611. The minimum absolute atomic E-state index is 0.0228. The standard InChI is InChI=1S/C33H57N9O11S.C9H10O2.C2H6/c1-4-33(2,54)24-17-28(46)42(32(24)53)8-6-34-25(43)18-36-26(44)19-37(3)7-5-35-27(45)20-38-9-11-39(21-29(47)48)13-15-41(23-31(51)52)16-14-40(12-10-38)22-30(49)50;1-7-6-8(4-5-10)2-3-9(7)11;1-2/h24,54H,4-23H2,1-3H3,(H,34,43)(H,35,45)(H,36,44)(H,47,48)(H,49,50)(H,51,52);2-3,5-6,11H,4H2,1H3;1-2H3. The Labute approximate surface area is 398 Å². The molecule has 2 aliphatic rings. The van der Waals surface area contributed by atoms with E-state index >= 15 is 0 Å². The first kappa shape index (κ1) is 59.8. The Balaban J connectivity index is 0.00000149. The normalized spacial score (nSPS) is 17.6. The Kier molecular flexibility index (Phi) is 28.3. The lowest BCUT2D eigenvalue weighted by molar-refractivity contribution is -0.140. The number of hydrogen-bond donors (Lipinski definition) is 8. The van der Waals surface area contributed by atoms with Crippen molar-refractivity contribution in [3.05, 3.63) is 29.3 Å². The van der Waals surface area contributed by atoms with Gasteiger partial charge in [-0.15, -0.1) is 0 Å². The van der Waals surface area contributed by atoms with Crippen molar-refractivity contribution < 1.29 is 63.6 Å². The molecule has 378 valence electrons. The number of aldehydes is 1. The summed E-state index contributed by atoms with van der Waals surface area (Å²) in [5.41, 5.74) is 1.75. The van der Waals surface area contributed by atoms with Crippen LogP contribution in [0.4, 0.5) is 0 Å². The highest BCUT2D eigenvalue weighted by Crippen LogP contribution is 2.36. The van der Waals surface area contributed by atoms with Crippen molar-refractivity contribution in [2.45, 2.75) is 58.6 Å². The quantitative estimate of drug-likeness (QED) is 0.0380. The van der Waals surface area contributed by atoms with Gasteiger partial charge in [-0.1, -0.05) is 32.9 Å². The molecule has 2 heterocycles. The number of aliphatic carboxylic acids is 3. The monoisotopic (exact) mass is 968 g/mol. The molecule has 22 nitrogen and oxygen atoms in total. The van der Waals surface area contributed by atoms with Gasteiger partial charge in [0.05, 0.1) is 45.2 Å². The number of amides is 5. The van der Waals surface area contributed by atoms with Crippen molar-refractivity contribution in [2.75, 3.05) is 125 Å². The molecule has 5 amide bonds. The van der Waals surface area contributed by atoms with Crippen LogP contribution in [-0.2, 0) is 49.6 Å². The second kappa shape index (κ2) is 31.7. The number of carbonyl (C=O) groups excluding carboxylic acids is 6. The molecule has 0 bridgehead atoms. The van der Waals surface area contributed by atoms with E-state index in [4.69, 9.17) is 5.11 Å². The Bertz CT molecular complexity index is 1770. The number of nitrogens with zero attached hydrogens (tertiary/aromatic N) is 6. The molecule has 7 N–H and O–H groups in total. The minimum Gasteiger partial charge on any atom is -0.508 e. The molecule has 3 rings (SSSR count). The van der Waals surface area contributed by atoms with Crippen molar-refractivity contribution in [1.82, 2.24) is 45.3 Å². The largest absolute Gasteiger partial charge is 0.508 e. The van der Waals surface area contributed by atoms with E-state index in [0.29, 0.717) is 32.5 Å². The number of phenolic OH excluding ortho intramolecular Hbond substituents is 1. The SMILES string of the molecule is CC.CCC(C)(S)C1CC(=O)N(CCNC(=O)CNC(=O)CN(C)CCNC(=O)CN2CCN(CC(=O)O)CCN(CC(=O)O)CCN(CC(=O)O)CC2)C1=O.Cc1cc(CC=O)ccc1O. The molecule has 1 aromatic rings. The maximum atomic E-state index is 12.9. The Hall–Kier alpha value is -5.20. The molecule has 1 aromatic carbocycles. The third kappa shape index (κ3) is 24.4. The number of nitrogens with one attached hydrogen (secondary N) is 3. The first-order chi connectivity index (χ1) is 31.6. The van der Waals surface area contributed by atoms with Crippen LogP contribution in [-0.4, -0.2) is 233 Å². The summed E-state index contributed by atoms with van der Waals surface area (Å²) in [4.78, 5) is 117. The molecule has 2 fully saturated rings. The summed E-state index contributed by atoms with van der Waals surface area (Å²) >= 11 is 4.54. The molecule has 23 heteroatoms. The number of aryl methyl sites for hydroxylation is 1. The van der Waals surface area contributed by atoms with Crippen LogP contribution >= 0.6 is 12.6 Å². The van der Waals surface area contributed by atoms with Crippen LogP contribution in [0.1, 0.15) is 51.7 Å². The first-order valence-electron chi connectivity index (χ1n) is 22.5. The fourth-order valence-electron chi connectivity index (χ4n) is 6.95. The van der Waals surface area contributed by atoms with Gasteiger partial charge in [0.1, 0.15) is 12.0 Å². The van der Waals surface area contributed by atoms with Crippen LogP contribution in [0.25, 0.3) is 0 Å². The minimum atomic E-state index is -1.04. The van der Waals surface area contributed by atoms with Crippen LogP contribution in [0.2, 0.25) is 0 Å². The van der Waals surface area contributed by atoms with Gasteiger partial charge < -0.3 is 41.2 Å². The van der Waals surface area contributed by atoms with Crippen molar-refractivity contribution in [3.8, 4) is 5.75 Å². The van der Waals surface area contributed by atoms with Crippen molar-refractivity contribution in [3.63, 3.8) is 0 Å². The summed E-state index contributed by atoms with van der Waals surface area (Å²) in [6.07, 6.45) is 1.96. The summed E-state index contributed by atoms with van der Waals surface area (Å²) in [7, 11) is 1.67. The van der Waals surface area contributed by atoms with Gasteiger partial charge in [-0.05, 0) is 44.5 Å². The maximum absolute atomic E-state index is 12.9. The number of hydrogen-bond acceptors (Lipinski definition) is 16. The smallest absolute Gasteiger partial charge is 0.317 e. The third-order valence-corrected chi connectivity index (χ3v) is 11.6. The number of likely N-dealkylation sites (N-methyl/N-ethyl adjacent to an activating group) is 1. The predicted octanol–water partition coefficient (Wildman–Crippen LogP) is -1.32. The molecule has 2 unspecified atom stereocenters. The van der Waals surface area contributed by atoms with Crippen LogP contribution < -0.4 is 16.0 Å². The number of likely N-dealkylation sites (tertiary alicyclic amines) is 1. The highest BCUT2D eigenvalue weighted by atomic mass is 32.1. The second-order valence-corrected chi connectivity index (χ2v) is 17.4. The second-order valence-electron chi connectivity index (χ2n) is 16.3. The van der Waals surface area contributed by atoms with Gasteiger partial charge in [0.25, 0.3) is 0 Å². The van der Waals surface area contributed by atoms with Gasteiger partial charge in [0.2, 0.25) is 29.5 Å². The molecule has 2 aliphatic heterocycles. The fraction of sp³-hybridized carbons (Fsp3) is 0.659. The van der Waals surface area contributed by atoms with E-state index in [-0.39, 0.29) is 128 Å². The molecule has 2 saturated heterocycles. The topological polar surface area (TPSA) is 290 Å². The zero-order chi connectivity index (χ0) is 50.7. The average Bonchev–Trinajstić information content (AvgIpc) is 3.55. The van der Waals surface area contributed by atoms with E-state index in [0.717, 1.165) is 22.3 Å². The predicted molar refractivity (Wildman–Crippen MR) is 252 cm³/mol. The lowest BCUT2D eigenvalue weighted by Crippen LogP contribution is -2.50. The Morgan fingerprint density at radius 3 is 1.70 bits per heavy atom. The maximum Gasteiger partial charge on any atom is 0.317 e. The average molecular weight is 968 g/mol. The molecule has 0 saturated carbocycles. The van der Waals surface area contributed by atoms with Crippen molar-refractivity contribution >= 4 is 66.4 Å². The van der Waals surface area contributed by atoms with E-state index in [2.05, 4.69) is 28.6 Å². The number of carbonyl (C=O) groups is 9. The molecular formula is C44H73N9O13S. The van der Waals surface area contributed by atoms with E-state index in [1.54, 1.807) is 43.7 Å². The number of imide groups is 1. The molecule has 0 aromatic heterocycles. The molecule has 67 heavy (non-hydrogen) atoms. The summed E-state index contributed by atoms with van der Waals surface area (Å²) in [6.45, 7) is 11.1. The highest BCUT2D eigenvalue weighted by Gasteiger charge is 2.46. The van der Waals surface area contributed by atoms with E-state index < -0.39 is 40.4 Å². The van der Waals surface area contributed by atoms with Crippen LogP contribution in [0, 0.1) is 12.8 Å². The summed E-state index contributed by atoms with van der Waals surface area (Å²) in [6, 6.07) is 5.16. The number of phenols is 1. The summed E-state index contributed by atoms with van der Waals surface area (Å²) in [5, 5.41) is 45.1. The molecule has 0 radical (unpaired) electrons. The van der Waals surface area contributed by atoms with Gasteiger partial charge >= 0.3 is 17.9 Å². The number of carboxylic acid groups (broad SMARTS) is 3. The first-order valence-corrected chi connectivity index (χ1v) is 22.9. The number of carboxylic acids is 3. The van der Waals surface area contributed by atoms with Crippen LogP contribution in [0.15, 0.2) is 18.2 Å². The summed E-state index contributed by atoms with van der Waals surface area (Å²) in [5.74, 6) is -5.23. The molecular weight excluding hydrogens is 895 g/mol. The van der Waals surface area contributed by atoms with E-state index in [1.165, 1.54) is 0 Å². The molecule has 2 atom stereocenters. The van der Waals surface area contributed by atoms with Crippen molar-refractivity contribution in [2.24, 2.45) is 5.92 Å². The number of rotatable bonds is 22. The van der Waals surface area contributed by atoms with Crippen LogP contribution in [0.3, 0.4) is 0 Å². The van der Waals surface area contributed by atoms with E-state index in [9.17, 15) is 58.5 Å².